The number of nitrogens with zero attached hydrogens (tertiary/aromatic N) is 1. The Hall–Kier alpha value is -1.01. The van der Waals surface area contributed by atoms with Crippen molar-refractivity contribution in [2.24, 2.45) is 23.7 Å². The molecule has 0 atom stereocenters. The van der Waals surface area contributed by atoms with E-state index in [1.165, 1.54) is 32.1 Å². The molecule has 0 radical (unpaired) electrons. The van der Waals surface area contributed by atoms with Crippen molar-refractivity contribution in [3.63, 3.8) is 0 Å². The quantitative estimate of drug-likeness (QED) is 0.861. The van der Waals surface area contributed by atoms with Crippen LogP contribution in [0.4, 0.5) is 5.69 Å². The first-order valence-corrected chi connectivity index (χ1v) is 8.44. The number of hydrogen-bond donors (Lipinski definition) is 1. The number of anilines is 1. The second-order valence-corrected chi connectivity index (χ2v) is 7.83. The van der Waals surface area contributed by atoms with Crippen LogP contribution in [0, 0.1) is 35.0 Å². The lowest BCUT2D eigenvalue weighted by molar-refractivity contribution is -0.0206. The molecule has 1 aromatic carbocycles. The van der Waals surface area contributed by atoms with Crippen molar-refractivity contribution < 1.29 is 0 Å². The van der Waals surface area contributed by atoms with Gasteiger partial charge < -0.3 is 5.32 Å². The molecule has 4 saturated carbocycles. The van der Waals surface area contributed by atoms with Crippen LogP contribution in [-0.2, 0) is 0 Å². The maximum absolute atomic E-state index is 9.94. The van der Waals surface area contributed by atoms with Gasteiger partial charge in [-0.3, -0.25) is 0 Å². The summed E-state index contributed by atoms with van der Waals surface area (Å²) in [5.74, 6) is 2.89. The number of hydrogen-bond acceptors (Lipinski definition) is 2. The fourth-order valence-electron chi connectivity index (χ4n) is 5.11. The van der Waals surface area contributed by atoms with E-state index in [-0.39, 0.29) is 5.54 Å². The fraction of sp³-hybridized carbons (Fsp3) is 0.588. The van der Waals surface area contributed by atoms with Crippen LogP contribution in [0.3, 0.4) is 0 Å². The SMILES string of the molecule is N#CC1(Nc2ccc(Br)cc2)C2CC3CC(C2)CC1C3. The number of nitriles is 1. The highest BCUT2D eigenvalue weighted by Crippen LogP contribution is 2.58. The topological polar surface area (TPSA) is 35.8 Å². The van der Waals surface area contributed by atoms with E-state index in [1.807, 2.05) is 12.1 Å². The normalized spacial score (nSPS) is 41.4. The van der Waals surface area contributed by atoms with Crippen molar-refractivity contribution in [3.05, 3.63) is 28.7 Å². The zero-order chi connectivity index (χ0) is 13.7. The standard InChI is InChI=1S/C17H19BrN2/c18-15-1-3-16(4-2-15)20-17(10-19)13-6-11-5-12(8-13)9-14(17)7-11/h1-4,11-14,20H,5-9H2. The number of rotatable bonds is 2. The summed E-state index contributed by atoms with van der Waals surface area (Å²) in [6, 6.07) is 10.9. The Balaban J connectivity index is 1.66. The van der Waals surface area contributed by atoms with Crippen molar-refractivity contribution in [2.75, 3.05) is 5.32 Å². The van der Waals surface area contributed by atoms with E-state index in [2.05, 4.69) is 39.4 Å². The number of halogens is 1. The fourth-order valence-corrected chi connectivity index (χ4v) is 5.38. The largest absolute Gasteiger partial charge is 0.367 e. The summed E-state index contributed by atoms with van der Waals surface area (Å²) in [6.07, 6.45) is 6.44. The van der Waals surface area contributed by atoms with Gasteiger partial charge in [0.05, 0.1) is 6.07 Å². The van der Waals surface area contributed by atoms with Gasteiger partial charge in [0.15, 0.2) is 0 Å². The molecule has 0 aromatic heterocycles. The lowest BCUT2D eigenvalue weighted by Crippen LogP contribution is -2.61. The Bertz CT molecular complexity index is 529. The molecule has 20 heavy (non-hydrogen) atoms. The van der Waals surface area contributed by atoms with Crippen molar-refractivity contribution >= 4 is 21.6 Å². The Morgan fingerprint density at radius 2 is 1.55 bits per heavy atom. The lowest BCUT2D eigenvalue weighted by atomic mass is 9.49. The summed E-state index contributed by atoms with van der Waals surface area (Å²) in [6.45, 7) is 0. The van der Waals surface area contributed by atoms with Crippen LogP contribution in [-0.4, -0.2) is 5.54 Å². The van der Waals surface area contributed by atoms with Crippen LogP contribution in [0.5, 0.6) is 0 Å². The van der Waals surface area contributed by atoms with Gasteiger partial charge in [-0.15, -0.1) is 0 Å². The Kier molecular flexibility index (Phi) is 2.86. The molecule has 0 heterocycles. The third-order valence-electron chi connectivity index (χ3n) is 5.81. The molecule has 0 spiro atoms. The first-order valence-electron chi connectivity index (χ1n) is 7.64. The van der Waals surface area contributed by atoms with Crippen molar-refractivity contribution in [1.82, 2.24) is 0 Å². The van der Waals surface area contributed by atoms with Gasteiger partial charge in [0, 0.05) is 10.2 Å². The molecule has 104 valence electrons. The molecule has 4 aliphatic rings. The van der Waals surface area contributed by atoms with Crippen LogP contribution in [0.15, 0.2) is 28.7 Å². The summed E-state index contributed by atoms with van der Waals surface area (Å²) >= 11 is 3.47. The van der Waals surface area contributed by atoms with Crippen LogP contribution in [0.2, 0.25) is 0 Å². The van der Waals surface area contributed by atoms with Crippen molar-refractivity contribution in [3.8, 4) is 6.07 Å². The first-order chi connectivity index (χ1) is 9.69. The van der Waals surface area contributed by atoms with Gasteiger partial charge in [0.1, 0.15) is 5.54 Å². The highest BCUT2D eigenvalue weighted by molar-refractivity contribution is 9.10. The molecule has 4 fully saturated rings. The van der Waals surface area contributed by atoms with E-state index in [1.54, 1.807) is 0 Å². The molecule has 2 nitrogen and oxygen atoms in total. The Morgan fingerprint density at radius 1 is 1.00 bits per heavy atom. The minimum atomic E-state index is -0.318. The summed E-state index contributed by atoms with van der Waals surface area (Å²) in [7, 11) is 0. The minimum Gasteiger partial charge on any atom is -0.367 e. The molecule has 0 amide bonds. The zero-order valence-corrected chi connectivity index (χ0v) is 13.1. The first kappa shape index (κ1) is 12.7. The lowest BCUT2D eigenvalue weighted by Gasteiger charge is -2.58. The highest BCUT2D eigenvalue weighted by Gasteiger charge is 2.57. The molecular formula is C17H19BrN2. The predicted molar refractivity (Wildman–Crippen MR) is 83.2 cm³/mol. The average molecular weight is 331 g/mol. The molecular weight excluding hydrogens is 312 g/mol. The second kappa shape index (κ2) is 4.49. The summed E-state index contributed by atoms with van der Waals surface area (Å²) < 4.78 is 1.08. The molecule has 4 aliphatic carbocycles. The molecule has 1 N–H and O–H groups in total. The van der Waals surface area contributed by atoms with Gasteiger partial charge in [-0.1, -0.05) is 15.9 Å². The van der Waals surface area contributed by atoms with Gasteiger partial charge in [-0.05, 0) is 80.0 Å². The third kappa shape index (κ3) is 1.81. The molecule has 3 heteroatoms. The maximum Gasteiger partial charge on any atom is 0.131 e. The van der Waals surface area contributed by atoms with Crippen LogP contribution >= 0.6 is 15.9 Å². The van der Waals surface area contributed by atoms with Crippen molar-refractivity contribution in [1.29, 1.82) is 5.26 Å². The van der Waals surface area contributed by atoms with Gasteiger partial charge >= 0.3 is 0 Å². The van der Waals surface area contributed by atoms with E-state index < -0.39 is 0 Å². The Morgan fingerprint density at radius 3 is 2.05 bits per heavy atom. The minimum absolute atomic E-state index is 0.318. The van der Waals surface area contributed by atoms with Crippen LogP contribution < -0.4 is 5.32 Å². The molecule has 4 bridgehead atoms. The maximum atomic E-state index is 9.94. The average Bonchev–Trinajstić information content (AvgIpc) is 2.44. The van der Waals surface area contributed by atoms with E-state index in [9.17, 15) is 5.26 Å². The van der Waals surface area contributed by atoms with Gasteiger partial charge in [-0.2, -0.15) is 5.26 Å². The van der Waals surface area contributed by atoms with Gasteiger partial charge in [0.2, 0.25) is 0 Å². The summed E-state index contributed by atoms with van der Waals surface area (Å²) in [5.41, 5.74) is 0.767. The predicted octanol–water partition coefficient (Wildman–Crippen LogP) is 4.58. The number of nitrogens with one attached hydrogen (secondary N) is 1. The molecule has 0 aliphatic heterocycles. The van der Waals surface area contributed by atoms with Crippen LogP contribution in [0.25, 0.3) is 0 Å². The van der Waals surface area contributed by atoms with Crippen molar-refractivity contribution in [2.45, 2.75) is 37.6 Å². The summed E-state index contributed by atoms with van der Waals surface area (Å²) in [5, 5.41) is 13.6. The zero-order valence-electron chi connectivity index (χ0n) is 11.5. The third-order valence-corrected chi connectivity index (χ3v) is 6.34. The highest BCUT2D eigenvalue weighted by atomic mass is 79.9. The monoisotopic (exact) mass is 330 g/mol. The van der Waals surface area contributed by atoms with E-state index >= 15 is 0 Å². The molecule has 0 saturated heterocycles. The molecule has 1 aromatic rings. The van der Waals surface area contributed by atoms with E-state index in [0.29, 0.717) is 11.8 Å². The smallest absolute Gasteiger partial charge is 0.131 e. The second-order valence-electron chi connectivity index (χ2n) is 6.92. The number of benzene rings is 1. The Labute approximate surface area is 128 Å². The van der Waals surface area contributed by atoms with E-state index in [4.69, 9.17) is 0 Å². The van der Waals surface area contributed by atoms with E-state index in [0.717, 1.165) is 22.0 Å². The van der Waals surface area contributed by atoms with Gasteiger partial charge in [0.25, 0.3) is 0 Å². The summed E-state index contributed by atoms with van der Waals surface area (Å²) in [4.78, 5) is 0. The van der Waals surface area contributed by atoms with Gasteiger partial charge in [-0.25, -0.2) is 0 Å². The molecule has 0 unspecified atom stereocenters. The van der Waals surface area contributed by atoms with Crippen LogP contribution in [0.1, 0.15) is 32.1 Å². The molecule has 5 rings (SSSR count).